The molecule has 1 aliphatic carbocycles. The number of aromatic nitrogens is 3. The Kier molecular flexibility index (Phi) is 7.49. The third-order valence-corrected chi connectivity index (χ3v) is 10.7. The fourth-order valence-corrected chi connectivity index (χ4v) is 8.27. The Morgan fingerprint density at radius 1 is 1.21 bits per heavy atom. The van der Waals surface area contributed by atoms with E-state index in [1.165, 1.54) is 10.4 Å². The Hall–Kier alpha value is -3.47. The summed E-state index contributed by atoms with van der Waals surface area (Å²) >= 11 is 6.39. The summed E-state index contributed by atoms with van der Waals surface area (Å²) in [6, 6.07) is 12.8. The quantitative estimate of drug-likeness (QED) is 0.299. The van der Waals surface area contributed by atoms with E-state index in [4.69, 9.17) is 16.3 Å². The maximum Gasteiger partial charge on any atom is 0.304 e. The van der Waals surface area contributed by atoms with E-state index in [0.717, 1.165) is 63.7 Å². The number of hydrogen-bond acceptors (Lipinski definition) is 6. The first-order valence-electron chi connectivity index (χ1n) is 14.2. The van der Waals surface area contributed by atoms with Crippen molar-refractivity contribution >= 4 is 38.6 Å². The molecule has 42 heavy (non-hydrogen) atoms. The molecular weight excluding hydrogens is 576 g/mol. The Balaban J connectivity index is 1.46. The number of aliphatic carboxylic acids is 1. The smallest absolute Gasteiger partial charge is 0.304 e. The van der Waals surface area contributed by atoms with Crippen molar-refractivity contribution < 1.29 is 23.1 Å². The van der Waals surface area contributed by atoms with E-state index in [0.29, 0.717) is 6.42 Å². The second-order valence-corrected chi connectivity index (χ2v) is 13.5. The van der Waals surface area contributed by atoms with E-state index < -0.39 is 21.9 Å². The monoisotopic (exact) mass is 608 g/mol. The number of aryl methyl sites for hydroxylation is 3. The van der Waals surface area contributed by atoms with Gasteiger partial charge in [-0.25, -0.2) is 13.1 Å². The molecule has 3 aromatic carbocycles. The van der Waals surface area contributed by atoms with Gasteiger partial charge in [-0.05, 0) is 84.2 Å². The van der Waals surface area contributed by atoms with Crippen molar-refractivity contribution in [2.75, 3.05) is 6.54 Å². The average molecular weight is 609 g/mol. The Morgan fingerprint density at radius 3 is 2.79 bits per heavy atom. The van der Waals surface area contributed by atoms with Gasteiger partial charge in [0.15, 0.2) is 5.75 Å². The Labute approximate surface area is 250 Å². The molecule has 1 N–H and O–H groups in total. The van der Waals surface area contributed by atoms with E-state index >= 15 is 0 Å². The number of para-hydroxylation sites is 1. The summed E-state index contributed by atoms with van der Waals surface area (Å²) in [5.74, 6) is -1.15. The number of benzene rings is 3. The molecule has 6 rings (SSSR count). The average Bonchev–Trinajstić information content (AvgIpc) is 3.56. The molecule has 0 radical (unpaired) electrons. The minimum absolute atomic E-state index is 0.0652. The van der Waals surface area contributed by atoms with E-state index in [-0.39, 0.29) is 41.3 Å². The van der Waals surface area contributed by atoms with Crippen LogP contribution in [0.5, 0.6) is 5.75 Å². The predicted molar refractivity (Wildman–Crippen MR) is 160 cm³/mol. The van der Waals surface area contributed by atoms with Crippen LogP contribution in [0.2, 0.25) is 5.02 Å². The highest BCUT2D eigenvalue weighted by molar-refractivity contribution is 7.89. The van der Waals surface area contributed by atoms with Crippen LogP contribution in [-0.2, 0) is 41.3 Å². The lowest BCUT2D eigenvalue weighted by molar-refractivity contribution is -0.137. The zero-order chi connectivity index (χ0) is 29.8. The fraction of sp³-hybridized carbons (Fsp3) is 0.387. The normalized spacial score (nSPS) is 18.7. The van der Waals surface area contributed by atoms with Crippen LogP contribution in [0.1, 0.15) is 65.5 Å². The van der Waals surface area contributed by atoms with Gasteiger partial charge in [0.25, 0.3) is 0 Å². The first-order valence-corrected chi connectivity index (χ1v) is 16.0. The topological polar surface area (TPSA) is 115 Å². The van der Waals surface area contributed by atoms with Crippen LogP contribution in [0.3, 0.4) is 0 Å². The molecule has 4 aromatic rings. The van der Waals surface area contributed by atoms with Gasteiger partial charge in [0.05, 0.1) is 23.5 Å². The van der Waals surface area contributed by atoms with Crippen molar-refractivity contribution in [3.05, 3.63) is 80.9 Å². The number of rotatable bonds is 7. The van der Waals surface area contributed by atoms with Crippen LogP contribution in [0.4, 0.5) is 0 Å². The third-order valence-electron chi connectivity index (χ3n) is 8.61. The van der Waals surface area contributed by atoms with Gasteiger partial charge < -0.3 is 9.84 Å². The summed E-state index contributed by atoms with van der Waals surface area (Å²) in [7, 11) is -2.09. The molecule has 1 aliphatic heterocycles. The van der Waals surface area contributed by atoms with Crippen molar-refractivity contribution in [3.8, 4) is 5.75 Å². The standard InChI is InChI=1S/C31H33ClN4O5S/c1-4-22-17-36(42(39,40)28-10-6-9-26(32)31(28)41-22)16-21-14-20(13-19-7-5-8-24(19)21)25(15-29(37)38)23-11-12-27-30(18(23)2)33-34-35(27)3/h6,9-14,22,25H,4-5,7-8,15-17H2,1-3H3,(H,37,38)/t22-,25-/m1/s1. The van der Waals surface area contributed by atoms with Gasteiger partial charge in [-0.2, -0.15) is 4.31 Å². The highest BCUT2D eigenvalue weighted by Gasteiger charge is 2.36. The number of carbonyl (C=O) groups is 1. The molecule has 2 atom stereocenters. The van der Waals surface area contributed by atoms with Gasteiger partial charge in [-0.1, -0.05) is 48.0 Å². The third kappa shape index (κ3) is 4.95. The molecule has 0 saturated carbocycles. The second kappa shape index (κ2) is 11.0. The molecule has 220 valence electrons. The number of hydrogen-bond donors (Lipinski definition) is 1. The van der Waals surface area contributed by atoms with E-state index in [2.05, 4.69) is 16.4 Å². The van der Waals surface area contributed by atoms with Gasteiger partial charge in [0.1, 0.15) is 16.5 Å². The van der Waals surface area contributed by atoms with Gasteiger partial charge >= 0.3 is 5.97 Å². The Morgan fingerprint density at radius 2 is 2.02 bits per heavy atom. The van der Waals surface area contributed by atoms with E-state index in [1.807, 2.05) is 39.1 Å². The predicted octanol–water partition coefficient (Wildman–Crippen LogP) is 5.39. The number of ether oxygens (including phenoxy) is 1. The van der Waals surface area contributed by atoms with Crippen LogP contribution in [0, 0.1) is 6.92 Å². The summed E-state index contributed by atoms with van der Waals surface area (Å²) in [4.78, 5) is 12.2. The number of fused-ring (bicyclic) bond motifs is 3. The van der Waals surface area contributed by atoms with Crippen molar-refractivity contribution in [2.45, 2.75) is 69.4 Å². The number of sulfonamides is 1. The van der Waals surface area contributed by atoms with Crippen LogP contribution in [0.15, 0.2) is 47.4 Å². The summed E-state index contributed by atoms with van der Waals surface area (Å²) in [6.45, 7) is 4.26. The molecule has 0 bridgehead atoms. The lowest BCUT2D eigenvalue weighted by Crippen LogP contribution is -2.36. The van der Waals surface area contributed by atoms with Gasteiger partial charge in [-0.3, -0.25) is 4.79 Å². The molecular formula is C31H33ClN4O5S. The van der Waals surface area contributed by atoms with Crippen LogP contribution < -0.4 is 4.74 Å². The van der Waals surface area contributed by atoms with Crippen molar-refractivity contribution in [1.29, 1.82) is 0 Å². The molecule has 0 amide bonds. The lowest BCUT2D eigenvalue weighted by atomic mass is 9.83. The molecule has 0 spiro atoms. The molecule has 0 saturated heterocycles. The van der Waals surface area contributed by atoms with Gasteiger partial charge in [0, 0.05) is 19.5 Å². The highest BCUT2D eigenvalue weighted by Crippen LogP contribution is 2.40. The maximum absolute atomic E-state index is 14.0. The highest BCUT2D eigenvalue weighted by atomic mass is 35.5. The minimum atomic E-state index is -3.92. The molecule has 1 aromatic heterocycles. The molecule has 0 unspecified atom stereocenters. The molecule has 2 aliphatic rings. The summed E-state index contributed by atoms with van der Waals surface area (Å²) in [6.07, 6.45) is 2.82. The second-order valence-electron chi connectivity index (χ2n) is 11.2. The first-order chi connectivity index (χ1) is 20.1. The summed E-state index contributed by atoms with van der Waals surface area (Å²) in [5.41, 5.74) is 7.43. The van der Waals surface area contributed by atoms with Gasteiger partial charge in [-0.15, -0.1) is 5.10 Å². The van der Waals surface area contributed by atoms with Crippen LogP contribution in [0.25, 0.3) is 11.0 Å². The number of nitrogens with zero attached hydrogens (tertiary/aromatic N) is 4. The largest absolute Gasteiger partial charge is 0.486 e. The molecule has 2 heterocycles. The Bertz CT molecular complexity index is 1820. The van der Waals surface area contributed by atoms with Crippen LogP contribution >= 0.6 is 11.6 Å². The molecule has 0 fully saturated rings. The number of carboxylic acids is 1. The first kappa shape index (κ1) is 28.6. The minimum Gasteiger partial charge on any atom is -0.486 e. The maximum atomic E-state index is 14.0. The van der Waals surface area contributed by atoms with E-state index in [1.54, 1.807) is 16.8 Å². The van der Waals surface area contributed by atoms with Crippen LogP contribution in [-0.4, -0.2) is 51.4 Å². The van der Waals surface area contributed by atoms with Gasteiger partial charge in [0.2, 0.25) is 10.0 Å². The lowest BCUT2D eigenvalue weighted by Gasteiger charge is -2.25. The van der Waals surface area contributed by atoms with Crippen molar-refractivity contribution in [1.82, 2.24) is 19.3 Å². The zero-order valence-corrected chi connectivity index (χ0v) is 25.4. The number of halogens is 1. The fourth-order valence-electron chi connectivity index (χ4n) is 6.40. The van der Waals surface area contributed by atoms with E-state index in [9.17, 15) is 18.3 Å². The number of carboxylic acid groups (broad SMARTS) is 1. The SMILES string of the molecule is CC[C@@H]1CN(Cc2cc([C@@H](CC(=O)O)c3ccc4c(nnn4C)c3C)cc3c2CCC3)S(=O)(=O)c2cccc(Cl)c2O1. The van der Waals surface area contributed by atoms with Crippen molar-refractivity contribution in [2.24, 2.45) is 7.05 Å². The summed E-state index contributed by atoms with van der Waals surface area (Å²) in [5, 5.41) is 18.7. The van der Waals surface area contributed by atoms with Crippen molar-refractivity contribution in [3.63, 3.8) is 0 Å². The molecule has 9 nitrogen and oxygen atoms in total. The molecule has 11 heteroatoms. The summed E-state index contributed by atoms with van der Waals surface area (Å²) < 4.78 is 37.3. The zero-order valence-electron chi connectivity index (χ0n) is 23.8.